The van der Waals surface area contributed by atoms with Crippen LogP contribution in [0.4, 0.5) is 24.7 Å². The monoisotopic (exact) mass is 356 g/mol. The molecule has 1 N–H and O–H groups in total. The molecule has 6 nitrogen and oxygen atoms in total. The third kappa shape index (κ3) is 2.94. The smallest absolute Gasteiger partial charge is 0.339 e. The van der Waals surface area contributed by atoms with E-state index in [1.807, 2.05) is 0 Å². The van der Waals surface area contributed by atoms with Crippen molar-refractivity contribution in [1.29, 1.82) is 0 Å². The summed E-state index contributed by atoms with van der Waals surface area (Å²) < 4.78 is 40.6. The third-order valence-electron chi connectivity index (χ3n) is 3.71. The highest BCUT2D eigenvalue weighted by Crippen LogP contribution is 2.33. The zero-order valence-corrected chi connectivity index (χ0v) is 13.1. The van der Waals surface area contributed by atoms with Crippen LogP contribution in [0.1, 0.15) is 5.56 Å². The largest absolute Gasteiger partial charge is 0.416 e. The molecule has 0 fully saturated rings. The molecule has 0 aliphatic rings. The molecule has 0 aliphatic heterocycles. The summed E-state index contributed by atoms with van der Waals surface area (Å²) in [6.45, 7) is 0. The molecule has 9 heteroatoms. The zero-order valence-electron chi connectivity index (χ0n) is 13.1. The predicted octanol–water partition coefficient (Wildman–Crippen LogP) is 3.95. The standard InChI is InChI=1S/C17H11F3N6/c18-17(19,20)11-2-1-3-12(8-11)24-16-15(13-4-5-22-10-23-13)25-14-9-21-6-7-26(14)16/h1-10,24H. The minimum absolute atomic E-state index is 0.286. The van der Waals surface area contributed by atoms with Gasteiger partial charge in [-0.05, 0) is 24.3 Å². The van der Waals surface area contributed by atoms with E-state index in [1.165, 1.54) is 12.4 Å². The van der Waals surface area contributed by atoms with Crippen LogP contribution in [0.2, 0.25) is 0 Å². The van der Waals surface area contributed by atoms with E-state index in [-0.39, 0.29) is 5.69 Å². The molecule has 0 spiro atoms. The van der Waals surface area contributed by atoms with Gasteiger partial charge in [0.15, 0.2) is 5.65 Å². The minimum Gasteiger partial charge on any atom is -0.339 e. The molecular formula is C17H11F3N6. The summed E-state index contributed by atoms with van der Waals surface area (Å²) in [5.74, 6) is 0.487. The van der Waals surface area contributed by atoms with E-state index in [1.54, 1.807) is 41.3 Å². The molecule has 26 heavy (non-hydrogen) atoms. The number of benzene rings is 1. The average Bonchev–Trinajstić information content (AvgIpc) is 3.01. The number of anilines is 2. The van der Waals surface area contributed by atoms with Gasteiger partial charge in [-0.25, -0.2) is 15.0 Å². The molecule has 0 aliphatic carbocycles. The summed E-state index contributed by atoms with van der Waals surface area (Å²) in [6.07, 6.45) is 3.32. The molecule has 1 aromatic carbocycles. The maximum absolute atomic E-state index is 13.0. The van der Waals surface area contributed by atoms with Gasteiger partial charge in [0.05, 0.1) is 17.5 Å². The van der Waals surface area contributed by atoms with Crippen LogP contribution in [-0.4, -0.2) is 24.3 Å². The van der Waals surface area contributed by atoms with Gasteiger partial charge in [0.25, 0.3) is 0 Å². The average molecular weight is 356 g/mol. The lowest BCUT2D eigenvalue weighted by atomic mass is 10.2. The first-order chi connectivity index (χ1) is 12.5. The van der Waals surface area contributed by atoms with Crippen LogP contribution in [0, 0.1) is 0 Å². The maximum atomic E-state index is 13.0. The number of hydrogen-bond acceptors (Lipinski definition) is 5. The van der Waals surface area contributed by atoms with Crippen LogP contribution in [-0.2, 0) is 6.18 Å². The van der Waals surface area contributed by atoms with Gasteiger partial charge in [-0.1, -0.05) is 6.07 Å². The maximum Gasteiger partial charge on any atom is 0.416 e. The van der Waals surface area contributed by atoms with Crippen LogP contribution >= 0.6 is 0 Å². The van der Waals surface area contributed by atoms with E-state index in [0.29, 0.717) is 22.9 Å². The molecular weight excluding hydrogens is 345 g/mol. The lowest BCUT2D eigenvalue weighted by molar-refractivity contribution is -0.137. The Kier molecular flexibility index (Phi) is 3.76. The SMILES string of the molecule is FC(F)(F)c1cccc(Nc2c(-c3ccncn3)nc3cnccn23)c1. The van der Waals surface area contributed by atoms with Crippen LogP contribution < -0.4 is 5.32 Å². The van der Waals surface area contributed by atoms with E-state index in [2.05, 4.69) is 25.3 Å². The minimum atomic E-state index is -4.42. The number of nitrogens with one attached hydrogen (secondary N) is 1. The van der Waals surface area contributed by atoms with Crippen LogP contribution in [0.5, 0.6) is 0 Å². The van der Waals surface area contributed by atoms with Crippen molar-refractivity contribution >= 4 is 17.2 Å². The molecule has 130 valence electrons. The fraction of sp³-hybridized carbons (Fsp3) is 0.0588. The van der Waals surface area contributed by atoms with Gasteiger partial charge in [-0.15, -0.1) is 0 Å². The van der Waals surface area contributed by atoms with Gasteiger partial charge >= 0.3 is 6.18 Å². The van der Waals surface area contributed by atoms with Gasteiger partial charge in [0.1, 0.15) is 17.8 Å². The molecule has 4 rings (SSSR count). The molecule has 0 amide bonds. The van der Waals surface area contributed by atoms with E-state index in [0.717, 1.165) is 12.1 Å². The summed E-state index contributed by atoms with van der Waals surface area (Å²) in [5, 5.41) is 3.02. The van der Waals surface area contributed by atoms with E-state index in [4.69, 9.17) is 0 Å². The first-order valence-corrected chi connectivity index (χ1v) is 7.55. The van der Waals surface area contributed by atoms with E-state index >= 15 is 0 Å². The number of halogens is 3. The Hall–Kier alpha value is -3.49. The highest BCUT2D eigenvalue weighted by atomic mass is 19.4. The van der Waals surface area contributed by atoms with Gasteiger partial charge < -0.3 is 5.32 Å². The van der Waals surface area contributed by atoms with E-state index in [9.17, 15) is 13.2 Å². The van der Waals surface area contributed by atoms with Crippen molar-refractivity contribution in [2.45, 2.75) is 6.18 Å². The Morgan fingerprint density at radius 3 is 2.69 bits per heavy atom. The van der Waals surface area contributed by atoms with Gasteiger partial charge in [-0.2, -0.15) is 13.2 Å². The van der Waals surface area contributed by atoms with Crippen molar-refractivity contribution in [3.05, 3.63) is 67.0 Å². The number of imidazole rings is 1. The number of hydrogen-bond donors (Lipinski definition) is 1. The van der Waals surface area contributed by atoms with Crippen LogP contribution in [0.3, 0.4) is 0 Å². The van der Waals surface area contributed by atoms with Crippen molar-refractivity contribution in [3.63, 3.8) is 0 Å². The number of aromatic nitrogens is 5. The second kappa shape index (κ2) is 6.10. The van der Waals surface area contributed by atoms with Crippen molar-refractivity contribution in [3.8, 4) is 11.4 Å². The summed E-state index contributed by atoms with van der Waals surface area (Å²) in [6, 6.07) is 6.64. The Labute approximate surface area is 145 Å². The van der Waals surface area contributed by atoms with Gasteiger partial charge in [0, 0.05) is 24.3 Å². The van der Waals surface area contributed by atoms with Crippen molar-refractivity contribution in [2.75, 3.05) is 5.32 Å². The summed E-state index contributed by atoms with van der Waals surface area (Å²) >= 11 is 0. The topological polar surface area (TPSA) is 68.0 Å². The second-order valence-corrected chi connectivity index (χ2v) is 5.41. The normalized spacial score (nSPS) is 11.7. The Bertz CT molecular complexity index is 1060. The van der Waals surface area contributed by atoms with Crippen LogP contribution in [0.15, 0.2) is 61.4 Å². The Morgan fingerprint density at radius 1 is 1.04 bits per heavy atom. The van der Waals surface area contributed by atoms with Crippen molar-refractivity contribution < 1.29 is 13.2 Å². The molecule has 0 unspecified atom stereocenters. The predicted molar refractivity (Wildman–Crippen MR) is 88.7 cm³/mol. The fourth-order valence-corrected chi connectivity index (χ4v) is 2.55. The first kappa shape index (κ1) is 16.0. The quantitative estimate of drug-likeness (QED) is 0.602. The molecule has 4 aromatic rings. The van der Waals surface area contributed by atoms with Crippen molar-refractivity contribution in [1.82, 2.24) is 24.3 Å². The molecule has 3 aromatic heterocycles. The Balaban J connectivity index is 1.84. The number of fused-ring (bicyclic) bond motifs is 1. The number of rotatable bonds is 3. The lowest BCUT2D eigenvalue weighted by Gasteiger charge is -2.11. The highest BCUT2D eigenvalue weighted by Gasteiger charge is 2.30. The van der Waals surface area contributed by atoms with Crippen LogP contribution in [0.25, 0.3) is 17.0 Å². The number of alkyl halides is 3. The highest BCUT2D eigenvalue weighted by molar-refractivity contribution is 5.77. The molecule has 0 bridgehead atoms. The fourth-order valence-electron chi connectivity index (χ4n) is 2.55. The summed E-state index contributed by atoms with van der Waals surface area (Å²) in [5.41, 5.74) is 1.11. The van der Waals surface area contributed by atoms with Crippen molar-refractivity contribution in [2.24, 2.45) is 0 Å². The molecule has 0 radical (unpaired) electrons. The molecule has 0 saturated carbocycles. The Morgan fingerprint density at radius 2 is 1.92 bits per heavy atom. The summed E-state index contributed by atoms with van der Waals surface area (Å²) in [4.78, 5) is 16.5. The molecule has 3 heterocycles. The first-order valence-electron chi connectivity index (χ1n) is 7.55. The number of nitrogens with zero attached hydrogens (tertiary/aromatic N) is 5. The van der Waals surface area contributed by atoms with Gasteiger partial charge in [-0.3, -0.25) is 9.38 Å². The van der Waals surface area contributed by atoms with E-state index < -0.39 is 11.7 Å². The summed E-state index contributed by atoms with van der Waals surface area (Å²) in [7, 11) is 0. The lowest BCUT2D eigenvalue weighted by Crippen LogP contribution is -2.05. The zero-order chi connectivity index (χ0) is 18.1. The second-order valence-electron chi connectivity index (χ2n) is 5.41. The molecule has 0 saturated heterocycles. The third-order valence-corrected chi connectivity index (χ3v) is 3.71. The molecule has 0 atom stereocenters. The van der Waals surface area contributed by atoms with Gasteiger partial charge in [0.2, 0.25) is 0 Å².